The number of hydrogen-bond donors (Lipinski definition) is 2. The zero-order valence-electron chi connectivity index (χ0n) is 32.9. The normalized spacial score (nSPS) is 31.2. The number of fused-ring (bicyclic) bond motifs is 5. The van der Waals surface area contributed by atoms with Crippen LogP contribution in [-0.2, 0) is 27.8 Å². The Hall–Kier alpha value is -4.02. The van der Waals surface area contributed by atoms with Crippen LogP contribution in [0.1, 0.15) is 93.5 Å². The number of amides is 1. The van der Waals surface area contributed by atoms with Crippen LogP contribution < -0.4 is 19.5 Å². The third kappa shape index (κ3) is 6.78. The number of benzene rings is 2. The molecule has 2 saturated heterocycles. The average molecular weight is 783 g/mol. The number of carboxylic acids is 1. The van der Waals surface area contributed by atoms with Crippen molar-refractivity contribution in [2.75, 3.05) is 45.2 Å². The monoisotopic (exact) mass is 782 g/mol. The second-order valence-corrected chi connectivity index (χ2v) is 18.4. The van der Waals surface area contributed by atoms with E-state index in [1.807, 2.05) is 36.3 Å². The number of nitrogens with zero attached hydrogens (tertiary/aromatic N) is 3. The van der Waals surface area contributed by atoms with Gasteiger partial charge >= 0.3 is 5.97 Å². The predicted octanol–water partition coefficient (Wildman–Crippen LogP) is 7.50. The smallest absolute Gasteiger partial charge is 0.329 e. The Kier molecular flexibility index (Phi) is 9.88. The van der Waals surface area contributed by atoms with Crippen LogP contribution in [0.2, 0.25) is 5.02 Å². The molecule has 0 bridgehead atoms. The molecule has 56 heavy (non-hydrogen) atoms. The van der Waals surface area contributed by atoms with E-state index in [9.17, 15) is 14.7 Å². The number of aromatic nitrogens is 1. The number of ether oxygens (including phenoxy) is 3. The first-order valence-electron chi connectivity index (χ1n) is 20.9. The lowest BCUT2D eigenvalue weighted by atomic mass is 9.59. The zero-order chi connectivity index (χ0) is 38.8. The molecule has 2 aromatic carbocycles. The van der Waals surface area contributed by atoms with Crippen LogP contribution in [0.15, 0.2) is 48.7 Å². The van der Waals surface area contributed by atoms with Gasteiger partial charge < -0.3 is 29.5 Å². The van der Waals surface area contributed by atoms with Gasteiger partial charge in [0.05, 0.1) is 12.5 Å². The molecule has 3 aliphatic carbocycles. The van der Waals surface area contributed by atoms with Crippen molar-refractivity contribution >= 4 is 29.2 Å². The molecule has 10 nitrogen and oxygen atoms in total. The summed E-state index contributed by atoms with van der Waals surface area (Å²) in [6, 6.07) is 13.8. The number of aryl methyl sites for hydroxylation is 1. The van der Waals surface area contributed by atoms with Gasteiger partial charge in [-0.15, -0.1) is 0 Å². The standard InChI is InChI=1S/C45H55ClN4O6/c1-27(26-54-36-10-16-47-35-9-4-6-28(2)41(35)36)18-31-19-30-20-37-38(56-40-25-50(24-39(40)55-37)23-29-11-17-49(3)42(29)51)22-34(30)44(31)12-14-45(15-13-44,43(52)53)48-33-8-5-7-32(46)21-33/h5,7-8,10,16,20-22,27-29,31,39-40,48H,4,6,9,11-15,17-19,23-26H2,1-3H3,(H,52,53)/t27-,28-,29?,31+,39-,40+,44?,45?/m1/s1. The third-order valence-corrected chi connectivity index (χ3v) is 14.5. The number of aliphatic carboxylic acids is 1. The van der Waals surface area contributed by atoms with Gasteiger partial charge in [-0.1, -0.05) is 31.5 Å². The highest BCUT2D eigenvalue weighted by atomic mass is 35.5. The van der Waals surface area contributed by atoms with Crippen molar-refractivity contribution in [2.45, 2.75) is 107 Å². The SMILES string of the molecule is C[C@@H](COc1ccnc2c1[C@H](C)CCC2)C[C@H]1Cc2cc3c(cc2C12CCC(Nc1cccc(Cl)c1)(C(=O)O)CC2)O[C@H]1CN(CC2CCN(C)C2=O)C[C@H]1O3. The highest BCUT2D eigenvalue weighted by Crippen LogP contribution is 2.58. The van der Waals surface area contributed by atoms with Crippen molar-refractivity contribution in [1.82, 2.24) is 14.8 Å². The second-order valence-electron chi connectivity index (χ2n) is 17.9. The van der Waals surface area contributed by atoms with Gasteiger partial charge in [0.25, 0.3) is 0 Å². The number of carboxylic acid groups (broad SMARTS) is 1. The summed E-state index contributed by atoms with van der Waals surface area (Å²) in [7, 11) is 1.89. The molecule has 1 spiro atoms. The lowest BCUT2D eigenvalue weighted by Gasteiger charge is -2.47. The predicted molar refractivity (Wildman–Crippen MR) is 215 cm³/mol. The van der Waals surface area contributed by atoms with E-state index in [1.165, 1.54) is 28.8 Å². The number of nitrogens with one attached hydrogen (secondary N) is 1. The van der Waals surface area contributed by atoms with Gasteiger partial charge in [-0.2, -0.15) is 0 Å². The maximum atomic E-state index is 13.1. The summed E-state index contributed by atoms with van der Waals surface area (Å²) in [5, 5.41) is 14.7. The highest BCUT2D eigenvalue weighted by Gasteiger charge is 2.55. The fourth-order valence-electron chi connectivity index (χ4n) is 11.2. The Labute approximate surface area is 335 Å². The number of rotatable bonds is 10. The summed E-state index contributed by atoms with van der Waals surface area (Å²) in [6.07, 6.45) is 10.2. The Morgan fingerprint density at radius 3 is 2.57 bits per heavy atom. The van der Waals surface area contributed by atoms with Gasteiger partial charge in [-0.25, -0.2) is 4.79 Å². The first-order chi connectivity index (χ1) is 27.0. The van der Waals surface area contributed by atoms with Gasteiger partial charge in [-0.3, -0.25) is 14.7 Å². The molecule has 0 radical (unpaired) electrons. The van der Waals surface area contributed by atoms with Crippen molar-refractivity contribution in [1.29, 1.82) is 0 Å². The molecule has 1 amide bonds. The first-order valence-corrected chi connectivity index (χ1v) is 21.2. The minimum absolute atomic E-state index is 0.0344. The van der Waals surface area contributed by atoms with Gasteiger partial charge in [0.15, 0.2) is 11.5 Å². The van der Waals surface area contributed by atoms with Crippen LogP contribution in [0.25, 0.3) is 0 Å². The van der Waals surface area contributed by atoms with Crippen LogP contribution in [-0.4, -0.2) is 89.3 Å². The van der Waals surface area contributed by atoms with Gasteiger partial charge in [0, 0.05) is 61.4 Å². The largest absolute Gasteiger partial charge is 0.493 e. The third-order valence-electron chi connectivity index (χ3n) is 14.2. The average Bonchev–Trinajstić information content (AvgIpc) is 3.81. The highest BCUT2D eigenvalue weighted by molar-refractivity contribution is 6.30. The van der Waals surface area contributed by atoms with Crippen LogP contribution in [0.5, 0.6) is 17.2 Å². The molecule has 4 heterocycles. The molecule has 3 aliphatic heterocycles. The summed E-state index contributed by atoms with van der Waals surface area (Å²) in [6.45, 7) is 8.22. The van der Waals surface area contributed by atoms with E-state index in [-0.39, 0.29) is 35.4 Å². The fourth-order valence-corrected chi connectivity index (χ4v) is 11.4. The summed E-state index contributed by atoms with van der Waals surface area (Å²) in [5.74, 6) is 3.02. The minimum Gasteiger partial charge on any atom is -0.493 e. The summed E-state index contributed by atoms with van der Waals surface area (Å²) >= 11 is 6.32. The molecule has 3 fully saturated rings. The molecule has 298 valence electrons. The maximum absolute atomic E-state index is 13.1. The van der Waals surface area contributed by atoms with Gasteiger partial charge in [0.2, 0.25) is 5.91 Å². The number of halogens is 1. The molecule has 3 aromatic rings. The number of carbonyl (C=O) groups is 2. The molecule has 6 aliphatic rings. The lowest BCUT2D eigenvalue weighted by molar-refractivity contribution is -0.144. The Morgan fingerprint density at radius 2 is 1.86 bits per heavy atom. The molecule has 9 rings (SSSR count). The molecular formula is C45H55ClN4O6. The fraction of sp³-hybridized carbons (Fsp3) is 0.578. The molecule has 6 atom stereocenters. The van der Waals surface area contributed by atoms with Crippen molar-refractivity contribution in [3.8, 4) is 17.2 Å². The number of likely N-dealkylation sites (tertiary alicyclic amines) is 2. The van der Waals surface area contributed by atoms with Crippen LogP contribution in [0, 0.1) is 17.8 Å². The second kappa shape index (κ2) is 14.7. The first kappa shape index (κ1) is 37.6. The minimum atomic E-state index is -1.10. The summed E-state index contributed by atoms with van der Waals surface area (Å²) in [5.41, 5.74) is 4.43. The van der Waals surface area contributed by atoms with E-state index >= 15 is 0 Å². The van der Waals surface area contributed by atoms with E-state index in [0.29, 0.717) is 36.3 Å². The molecule has 11 heteroatoms. The molecule has 1 saturated carbocycles. The topological polar surface area (TPSA) is 113 Å². The molecule has 2 N–H and O–H groups in total. The summed E-state index contributed by atoms with van der Waals surface area (Å²) < 4.78 is 20.1. The number of carbonyl (C=O) groups excluding carboxylic acids is 1. The Bertz CT molecular complexity index is 2000. The van der Waals surface area contributed by atoms with Crippen molar-refractivity contribution in [2.24, 2.45) is 17.8 Å². The molecule has 1 aromatic heterocycles. The zero-order valence-corrected chi connectivity index (χ0v) is 33.7. The van der Waals surface area contributed by atoms with E-state index < -0.39 is 11.5 Å². The van der Waals surface area contributed by atoms with Gasteiger partial charge in [-0.05, 0) is 135 Å². The Balaban J connectivity index is 0.963. The van der Waals surface area contributed by atoms with E-state index in [1.54, 1.807) is 12.1 Å². The Morgan fingerprint density at radius 1 is 1.09 bits per heavy atom. The van der Waals surface area contributed by atoms with Gasteiger partial charge in [0.1, 0.15) is 23.5 Å². The van der Waals surface area contributed by atoms with E-state index in [2.05, 4.69) is 41.2 Å². The number of pyridine rings is 1. The molecular weight excluding hydrogens is 728 g/mol. The van der Waals surface area contributed by atoms with E-state index in [4.69, 9.17) is 25.8 Å². The van der Waals surface area contributed by atoms with E-state index in [0.717, 1.165) is 94.1 Å². The van der Waals surface area contributed by atoms with Crippen molar-refractivity contribution in [3.63, 3.8) is 0 Å². The maximum Gasteiger partial charge on any atom is 0.329 e. The quantitative estimate of drug-likeness (QED) is 0.216. The summed E-state index contributed by atoms with van der Waals surface area (Å²) in [4.78, 5) is 34.6. The lowest BCUT2D eigenvalue weighted by Crippen LogP contribution is -2.53. The van der Waals surface area contributed by atoms with Crippen molar-refractivity contribution < 1.29 is 28.9 Å². The van der Waals surface area contributed by atoms with Crippen LogP contribution >= 0.6 is 11.6 Å². The number of hydrogen-bond acceptors (Lipinski definition) is 8. The van der Waals surface area contributed by atoms with Crippen molar-refractivity contribution in [3.05, 3.63) is 76.1 Å². The number of anilines is 1. The van der Waals surface area contributed by atoms with Crippen LogP contribution in [0.4, 0.5) is 5.69 Å². The molecule has 1 unspecified atom stereocenters. The van der Waals surface area contributed by atoms with Crippen LogP contribution in [0.3, 0.4) is 0 Å².